The molecule has 0 N–H and O–H groups in total. The average molecular weight is 273 g/mol. The SMILES string of the molecule is CCCc1c(C(=O)N2CCCC2)sc2ccccc12. The van der Waals surface area contributed by atoms with E-state index in [1.165, 1.54) is 15.6 Å². The van der Waals surface area contributed by atoms with Crippen LogP contribution in [0, 0.1) is 0 Å². The summed E-state index contributed by atoms with van der Waals surface area (Å²) >= 11 is 1.67. The van der Waals surface area contributed by atoms with Crippen molar-refractivity contribution in [3.63, 3.8) is 0 Å². The van der Waals surface area contributed by atoms with E-state index in [1.54, 1.807) is 11.3 Å². The molecule has 1 aromatic heterocycles. The van der Waals surface area contributed by atoms with Crippen molar-refractivity contribution in [1.82, 2.24) is 4.90 Å². The Kier molecular flexibility index (Phi) is 3.56. The molecule has 0 unspecified atom stereocenters. The highest BCUT2D eigenvalue weighted by Gasteiger charge is 2.24. The molecule has 19 heavy (non-hydrogen) atoms. The Morgan fingerprint density at radius 1 is 1.26 bits per heavy atom. The molecular formula is C16H19NOS. The first kappa shape index (κ1) is 12.7. The Bertz CT molecular complexity index is 596. The molecule has 3 rings (SSSR count). The number of carbonyl (C=O) groups excluding carboxylic acids is 1. The number of aryl methyl sites for hydroxylation is 1. The Labute approximate surface area is 118 Å². The van der Waals surface area contributed by atoms with E-state index in [1.807, 2.05) is 4.90 Å². The van der Waals surface area contributed by atoms with Crippen molar-refractivity contribution >= 4 is 27.3 Å². The van der Waals surface area contributed by atoms with Gasteiger partial charge in [-0.2, -0.15) is 0 Å². The molecule has 0 bridgehead atoms. The molecule has 0 saturated carbocycles. The number of hydrogen-bond acceptors (Lipinski definition) is 2. The maximum atomic E-state index is 12.6. The van der Waals surface area contributed by atoms with Crippen LogP contribution < -0.4 is 0 Å². The molecule has 2 aromatic rings. The second-order valence-electron chi connectivity index (χ2n) is 5.16. The van der Waals surface area contributed by atoms with Crippen LogP contribution in [0.25, 0.3) is 10.1 Å². The monoisotopic (exact) mass is 273 g/mol. The third-order valence-corrected chi connectivity index (χ3v) is 4.99. The van der Waals surface area contributed by atoms with E-state index in [4.69, 9.17) is 0 Å². The maximum Gasteiger partial charge on any atom is 0.264 e. The van der Waals surface area contributed by atoms with Crippen molar-refractivity contribution in [2.24, 2.45) is 0 Å². The van der Waals surface area contributed by atoms with Gasteiger partial charge in [-0.25, -0.2) is 0 Å². The van der Waals surface area contributed by atoms with Crippen LogP contribution in [0.5, 0.6) is 0 Å². The number of thiophene rings is 1. The molecule has 0 atom stereocenters. The molecule has 0 aliphatic carbocycles. The van der Waals surface area contributed by atoms with Crippen LogP contribution in [0.15, 0.2) is 24.3 Å². The number of rotatable bonds is 3. The van der Waals surface area contributed by atoms with Gasteiger partial charge in [0.05, 0.1) is 4.88 Å². The molecule has 1 aliphatic heterocycles. The van der Waals surface area contributed by atoms with Gasteiger partial charge in [0, 0.05) is 17.8 Å². The molecule has 1 aliphatic rings. The van der Waals surface area contributed by atoms with Gasteiger partial charge in [-0.3, -0.25) is 4.79 Å². The fourth-order valence-corrected chi connectivity index (χ4v) is 4.05. The van der Waals surface area contributed by atoms with Crippen LogP contribution in [0.4, 0.5) is 0 Å². The van der Waals surface area contributed by atoms with E-state index < -0.39 is 0 Å². The lowest BCUT2D eigenvalue weighted by atomic mass is 10.1. The summed E-state index contributed by atoms with van der Waals surface area (Å²) in [5.74, 6) is 0.252. The molecule has 3 heteroatoms. The second-order valence-corrected chi connectivity index (χ2v) is 6.21. The summed E-state index contributed by atoms with van der Waals surface area (Å²) in [4.78, 5) is 15.6. The van der Waals surface area contributed by atoms with E-state index in [0.29, 0.717) is 0 Å². The van der Waals surface area contributed by atoms with Crippen molar-refractivity contribution in [3.8, 4) is 0 Å². The lowest BCUT2D eigenvalue weighted by Gasteiger charge is -2.15. The first-order valence-corrected chi connectivity index (χ1v) is 7.92. The lowest BCUT2D eigenvalue weighted by Crippen LogP contribution is -2.27. The van der Waals surface area contributed by atoms with E-state index in [9.17, 15) is 4.79 Å². The summed E-state index contributed by atoms with van der Waals surface area (Å²) in [7, 11) is 0. The largest absolute Gasteiger partial charge is 0.338 e. The number of nitrogens with zero attached hydrogens (tertiary/aromatic N) is 1. The summed E-state index contributed by atoms with van der Waals surface area (Å²) < 4.78 is 1.24. The molecule has 1 amide bonds. The van der Waals surface area contributed by atoms with E-state index >= 15 is 0 Å². The Morgan fingerprint density at radius 2 is 2.00 bits per heavy atom. The Balaban J connectivity index is 2.05. The van der Waals surface area contributed by atoms with Crippen LogP contribution in [0.1, 0.15) is 41.4 Å². The van der Waals surface area contributed by atoms with Crippen molar-refractivity contribution in [2.75, 3.05) is 13.1 Å². The molecule has 2 heterocycles. The first-order chi connectivity index (χ1) is 9.31. The van der Waals surface area contributed by atoms with Gasteiger partial charge in [-0.15, -0.1) is 11.3 Å². The number of fused-ring (bicyclic) bond motifs is 1. The predicted molar refractivity (Wildman–Crippen MR) is 81.0 cm³/mol. The molecule has 1 aromatic carbocycles. The summed E-state index contributed by atoms with van der Waals surface area (Å²) in [5.41, 5.74) is 1.26. The topological polar surface area (TPSA) is 20.3 Å². The highest BCUT2D eigenvalue weighted by atomic mass is 32.1. The molecule has 0 spiro atoms. The zero-order chi connectivity index (χ0) is 13.2. The van der Waals surface area contributed by atoms with Gasteiger partial charge in [-0.1, -0.05) is 31.5 Å². The highest BCUT2D eigenvalue weighted by molar-refractivity contribution is 7.21. The molecule has 100 valence electrons. The lowest BCUT2D eigenvalue weighted by molar-refractivity contribution is 0.0796. The van der Waals surface area contributed by atoms with Crippen LogP contribution >= 0.6 is 11.3 Å². The third-order valence-electron chi connectivity index (χ3n) is 3.79. The number of carbonyl (C=O) groups is 1. The van der Waals surface area contributed by atoms with Gasteiger partial charge < -0.3 is 4.90 Å². The van der Waals surface area contributed by atoms with E-state index in [0.717, 1.165) is 43.6 Å². The van der Waals surface area contributed by atoms with Gasteiger partial charge >= 0.3 is 0 Å². The van der Waals surface area contributed by atoms with Gasteiger partial charge in [0.1, 0.15) is 0 Å². The third kappa shape index (κ3) is 2.27. The molecule has 1 fully saturated rings. The Hall–Kier alpha value is -1.35. The molecule has 1 saturated heterocycles. The van der Waals surface area contributed by atoms with E-state index in [2.05, 4.69) is 31.2 Å². The normalized spacial score (nSPS) is 15.3. The molecule has 2 nitrogen and oxygen atoms in total. The number of likely N-dealkylation sites (tertiary alicyclic amines) is 1. The minimum atomic E-state index is 0.252. The smallest absolute Gasteiger partial charge is 0.264 e. The van der Waals surface area contributed by atoms with Gasteiger partial charge in [0.2, 0.25) is 0 Å². The Morgan fingerprint density at radius 3 is 2.74 bits per heavy atom. The predicted octanol–water partition coefficient (Wildman–Crippen LogP) is 4.09. The zero-order valence-corrected chi connectivity index (χ0v) is 12.1. The van der Waals surface area contributed by atoms with Crippen LogP contribution in [0.2, 0.25) is 0 Å². The first-order valence-electron chi connectivity index (χ1n) is 7.11. The van der Waals surface area contributed by atoms with Gasteiger partial charge in [0.15, 0.2) is 0 Å². The van der Waals surface area contributed by atoms with Crippen LogP contribution in [-0.2, 0) is 6.42 Å². The quantitative estimate of drug-likeness (QED) is 0.825. The maximum absolute atomic E-state index is 12.6. The summed E-state index contributed by atoms with van der Waals surface area (Å²) in [5, 5.41) is 1.27. The van der Waals surface area contributed by atoms with Crippen molar-refractivity contribution in [3.05, 3.63) is 34.7 Å². The van der Waals surface area contributed by atoms with E-state index in [-0.39, 0.29) is 5.91 Å². The number of hydrogen-bond donors (Lipinski definition) is 0. The summed E-state index contributed by atoms with van der Waals surface area (Å²) in [6, 6.07) is 8.40. The van der Waals surface area contributed by atoms with Crippen LogP contribution in [-0.4, -0.2) is 23.9 Å². The average Bonchev–Trinajstić information content (AvgIpc) is 3.06. The van der Waals surface area contributed by atoms with Crippen molar-refractivity contribution < 1.29 is 4.79 Å². The van der Waals surface area contributed by atoms with Crippen LogP contribution in [0.3, 0.4) is 0 Å². The standard InChI is InChI=1S/C16H19NOS/c1-2-7-13-12-8-3-4-9-14(12)19-15(13)16(18)17-10-5-6-11-17/h3-4,8-9H,2,5-7,10-11H2,1H3. The fourth-order valence-electron chi connectivity index (χ4n) is 2.83. The summed E-state index contributed by atoms with van der Waals surface area (Å²) in [6.45, 7) is 4.04. The minimum Gasteiger partial charge on any atom is -0.338 e. The zero-order valence-electron chi connectivity index (χ0n) is 11.3. The number of amides is 1. The van der Waals surface area contributed by atoms with Gasteiger partial charge in [0.25, 0.3) is 5.91 Å². The minimum absolute atomic E-state index is 0.252. The summed E-state index contributed by atoms with van der Waals surface area (Å²) in [6.07, 6.45) is 4.39. The van der Waals surface area contributed by atoms with Crippen molar-refractivity contribution in [2.45, 2.75) is 32.6 Å². The fraction of sp³-hybridized carbons (Fsp3) is 0.438. The highest BCUT2D eigenvalue weighted by Crippen LogP contribution is 2.33. The van der Waals surface area contributed by atoms with Crippen molar-refractivity contribution in [1.29, 1.82) is 0 Å². The van der Waals surface area contributed by atoms with Gasteiger partial charge in [-0.05, 0) is 36.3 Å². The molecular weight excluding hydrogens is 254 g/mol. The number of benzene rings is 1. The second kappa shape index (κ2) is 5.33. The molecule has 0 radical (unpaired) electrons.